The van der Waals surface area contributed by atoms with Crippen molar-refractivity contribution in [2.75, 3.05) is 0 Å². The highest BCUT2D eigenvalue weighted by Gasteiger charge is 2.54. The largest absolute Gasteiger partial charge is 0.508 e. The summed E-state index contributed by atoms with van der Waals surface area (Å²) in [5.74, 6) is -5.05. The molecule has 0 atom stereocenters. The fourth-order valence-electron chi connectivity index (χ4n) is 4.44. The third kappa shape index (κ3) is 3.37. The molecule has 184 valence electrons. The van der Waals surface area contributed by atoms with Crippen molar-refractivity contribution in [3.05, 3.63) is 81.9 Å². The van der Waals surface area contributed by atoms with Gasteiger partial charge in [-0.3, -0.25) is 4.79 Å². The standard InChI is InChI=1S/C24H14F3NO8/c25-24(26,27)22(34)28-9-11-5-10(20(31)32)6-16-19(11)21(33)36-23(16)14-3-1-12(29)7-17(14)35-18-8-13(30)2-4-15(18)23/h1-8,29-30H,9H2,(H,28,34)(H,31,32). The molecule has 12 heteroatoms. The lowest BCUT2D eigenvalue weighted by molar-refractivity contribution is -0.173. The van der Waals surface area contributed by atoms with Crippen LogP contribution < -0.4 is 10.1 Å². The molecule has 5 rings (SSSR count). The van der Waals surface area contributed by atoms with E-state index in [0.29, 0.717) is 0 Å². The number of carbonyl (C=O) groups excluding carboxylic acids is 2. The average molecular weight is 501 g/mol. The predicted molar refractivity (Wildman–Crippen MR) is 113 cm³/mol. The SMILES string of the molecule is O=C(O)c1cc(CNC(=O)C(F)(F)F)c2c(c1)C1(OC2=O)c2ccc(O)cc2Oc2cc(O)ccc21. The molecule has 1 amide bonds. The van der Waals surface area contributed by atoms with Gasteiger partial charge in [-0.2, -0.15) is 13.2 Å². The van der Waals surface area contributed by atoms with Crippen molar-refractivity contribution in [3.8, 4) is 23.0 Å². The van der Waals surface area contributed by atoms with E-state index in [1.54, 1.807) is 5.32 Å². The van der Waals surface area contributed by atoms with E-state index in [4.69, 9.17) is 9.47 Å². The number of rotatable bonds is 3. The molecule has 9 nitrogen and oxygen atoms in total. The van der Waals surface area contributed by atoms with Crippen LogP contribution in [0.3, 0.4) is 0 Å². The van der Waals surface area contributed by atoms with Crippen LogP contribution in [0.1, 0.15) is 43.0 Å². The van der Waals surface area contributed by atoms with E-state index in [0.717, 1.165) is 12.1 Å². The number of phenolic OH excluding ortho intramolecular Hbond substituents is 2. The number of hydrogen-bond acceptors (Lipinski definition) is 7. The molecule has 0 radical (unpaired) electrons. The number of halogens is 3. The number of amides is 1. The molecule has 0 saturated heterocycles. The van der Waals surface area contributed by atoms with Crippen LogP contribution in [-0.4, -0.2) is 39.3 Å². The number of benzene rings is 3. The lowest BCUT2D eigenvalue weighted by Crippen LogP contribution is -2.36. The van der Waals surface area contributed by atoms with Crippen LogP contribution in [0.15, 0.2) is 48.5 Å². The highest BCUT2D eigenvalue weighted by Crippen LogP contribution is 2.57. The summed E-state index contributed by atoms with van der Waals surface area (Å²) in [6.07, 6.45) is -5.20. The molecule has 0 bridgehead atoms. The smallest absolute Gasteiger partial charge is 0.471 e. The third-order valence-corrected chi connectivity index (χ3v) is 5.90. The second kappa shape index (κ2) is 7.63. The molecule has 2 aliphatic heterocycles. The van der Waals surface area contributed by atoms with E-state index in [9.17, 15) is 42.9 Å². The van der Waals surface area contributed by atoms with Crippen LogP contribution >= 0.6 is 0 Å². The molecule has 0 aliphatic carbocycles. The first-order valence-electron chi connectivity index (χ1n) is 10.3. The minimum absolute atomic E-state index is 0.0224. The number of alkyl halides is 3. The molecule has 2 heterocycles. The molecule has 0 aromatic heterocycles. The predicted octanol–water partition coefficient (Wildman–Crippen LogP) is 3.54. The Morgan fingerprint density at radius 3 is 2.03 bits per heavy atom. The van der Waals surface area contributed by atoms with Gasteiger partial charge in [-0.15, -0.1) is 0 Å². The van der Waals surface area contributed by atoms with Crippen LogP contribution in [0, 0.1) is 0 Å². The lowest BCUT2D eigenvalue weighted by Gasteiger charge is -2.36. The average Bonchev–Trinajstić information content (AvgIpc) is 3.09. The van der Waals surface area contributed by atoms with Gasteiger partial charge in [-0.25, -0.2) is 9.59 Å². The molecule has 2 aliphatic rings. The van der Waals surface area contributed by atoms with Crippen molar-refractivity contribution in [2.45, 2.75) is 18.3 Å². The number of carboxylic acid groups (broad SMARTS) is 1. The van der Waals surface area contributed by atoms with Crippen LogP contribution in [0.4, 0.5) is 13.2 Å². The summed E-state index contributed by atoms with van der Waals surface area (Å²) in [6, 6.07) is 9.92. The fraction of sp³-hybridized carbons (Fsp3) is 0.125. The number of carbonyl (C=O) groups is 3. The monoisotopic (exact) mass is 501 g/mol. The summed E-state index contributed by atoms with van der Waals surface area (Å²) in [7, 11) is 0. The van der Waals surface area contributed by atoms with Gasteiger partial charge in [0.15, 0.2) is 5.60 Å². The zero-order valence-corrected chi connectivity index (χ0v) is 17.8. The molecule has 0 saturated carbocycles. The van der Waals surface area contributed by atoms with Gasteiger partial charge < -0.3 is 30.1 Å². The normalized spacial score (nSPS) is 14.8. The Balaban J connectivity index is 1.78. The number of esters is 1. The van der Waals surface area contributed by atoms with Gasteiger partial charge in [-0.1, -0.05) is 0 Å². The first-order chi connectivity index (χ1) is 16.9. The second-order valence-electron chi connectivity index (χ2n) is 8.08. The van der Waals surface area contributed by atoms with Crippen LogP contribution in [-0.2, 0) is 21.7 Å². The number of phenols is 2. The van der Waals surface area contributed by atoms with Crippen molar-refractivity contribution < 1.29 is 52.3 Å². The maximum Gasteiger partial charge on any atom is 0.471 e. The van der Waals surface area contributed by atoms with E-state index in [1.807, 2.05) is 0 Å². The van der Waals surface area contributed by atoms with Gasteiger partial charge in [0.25, 0.3) is 0 Å². The lowest BCUT2D eigenvalue weighted by atomic mass is 9.76. The van der Waals surface area contributed by atoms with Crippen molar-refractivity contribution in [1.29, 1.82) is 0 Å². The van der Waals surface area contributed by atoms with E-state index in [-0.39, 0.29) is 56.4 Å². The van der Waals surface area contributed by atoms with Gasteiger partial charge in [0, 0.05) is 35.4 Å². The number of hydrogen-bond donors (Lipinski definition) is 4. The summed E-state index contributed by atoms with van der Waals surface area (Å²) < 4.78 is 49.8. The molecule has 4 N–H and O–H groups in total. The Bertz CT molecular complexity index is 1430. The molecular formula is C24H14F3NO8. The van der Waals surface area contributed by atoms with Crippen molar-refractivity contribution in [2.24, 2.45) is 0 Å². The number of ether oxygens (including phenoxy) is 2. The van der Waals surface area contributed by atoms with Gasteiger partial charge >= 0.3 is 24.0 Å². The molecule has 0 unspecified atom stereocenters. The highest BCUT2D eigenvalue weighted by atomic mass is 19.4. The Morgan fingerprint density at radius 1 is 0.917 bits per heavy atom. The van der Waals surface area contributed by atoms with Gasteiger partial charge in [0.1, 0.15) is 23.0 Å². The van der Waals surface area contributed by atoms with Crippen molar-refractivity contribution in [1.82, 2.24) is 5.32 Å². The minimum Gasteiger partial charge on any atom is -0.508 e. The Kier molecular flexibility index (Phi) is 4.88. The summed E-state index contributed by atoms with van der Waals surface area (Å²) >= 11 is 0. The summed E-state index contributed by atoms with van der Waals surface area (Å²) in [6.45, 7) is -0.811. The number of carboxylic acids is 1. The summed E-state index contributed by atoms with van der Waals surface area (Å²) in [5, 5.41) is 31.3. The topological polar surface area (TPSA) is 142 Å². The zero-order valence-electron chi connectivity index (χ0n) is 17.8. The molecule has 1 spiro atoms. The van der Waals surface area contributed by atoms with Crippen LogP contribution in [0.2, 0.25) is 0 Å². The Labute approximate surface area is 199 Å². The Hall–Kier alpha value is -4.74. The fourth-order valence-corrected chi connectivity index (χ4v) is 4.44. The first-order valence-corrected chi connectivity index (χ1v) is 10.3. The zero-order chi connectivity index (χ0) is 26.0. The summed E-state index contributed by atoms with van der Waals surface area (Å²) in [4.78, 5) is 36.5. The van der Waals surface area contributed by atoms with Crippen molar-refractivity contribution >= 4 is 17.8 Å². The van der Waals surface area contributed by atoms with Gasteiger partial charge in [-0.05, 0) is 42.0 Å². The molecule has 0 fully saturated rings. The van der Waals surface area contributed by atoms with E-state index >= 15 is 0 Å². The van der Waals surface area contributed by atoms with Crippen molar-refractivity contribution in [3.63, 3.8) is 0 Å². The van der Waals surface area contributed by atoms with Crippen LogP contribution in [0.5, 0.6) is 23.0 Å². The molecule has 3 aromatic carbocycles. The Morgan fingerprint density at radius 2 is 1.50 bits per heavy atom. The number of aromatic carboxylic acids is 1. The third-order valence-electron chi connectivity index (χ3n) is 5.90. The summed E-state index contributed by atoms with van der Waals surface area (Å²) in [5.41, 5.74) is -2.29. The second-order valence-corrected chi connectivity index (χ2v) is 8.08. The maximum atomic E-state index is 13.2. The highest BCUT2D eigenvalue weighted by molar-refractivity contribution is 6.01. The van der Waals surface area contributed by atoms with E-state index in [1.165, 1.54) is 36.4 Å². The van der Waals surface area contributed by atoms with Gasteiger partial charge in [0.05, 0.1) is 11.1 Å². The van der Waals surface area contributed by atoms with E-state index in [2.05, 4.69) is 0 Å². The number of fused-ring (bicyclic) bond motifs is 6. The van der Waals surface area contributed by atoms with Crippen LogP contribution in [0.25, 0.3) is 0 Å². The number of nitrogens with one attached hydrogen (secondary N) is 1. The molecule has 3 aromatic rings. The maximum absolute atomic E-state index is 13.2. The molecular weight excluding hydrogens is 487 g/mol. The first kappa shape index (κ1) is 23.0. The minimum atomic E-state index is -5.20. The van der Waals surface area contributed by atoms with E-state index < -0.39 is 36.2 Å². The quantitative estimate of drug-likeness (QED) is 0.399. The number of aromatic hydroxyl groups is 2. The molecule has 36 heavy (non-hydrogen) atoms. The van der Waals surface area contributed by atoms with Gasteiger partial charge in [0.2, 0.25) is 0 Å².